The minimum absolute atomic E-state index is 0.192. The summed E-state index contributed by atoms with van der Waals surface area (Å²) >= 11 is 1.54. The molecule has 0 fully saturated rings. The lowest BCUT2D eigenvalue weighted by atomic mass is 10.2. The van der Waals surface area contributed by atoms with Crippen LogP contribution in [0.5, 0.6) is 0 Å². The van der Waals surface area contributed by atoms with Crippen molar-refractivity contribution in [3.8, 4) is 0 Å². The molecule has 0 amide bonds. The lowest BCUT2D eigenvalue weighted by Crippen LogP contribution is -2.05. The minimum atomic E-state index is -0.755. The first-order chi connectivity index (χ1) is 7.90. The molecule has 0 aliphatic heterocycles. The van der Waals surface area contributed by atoms with Crippen molar-refractivity contribution in [3.63, 3.8) is 0 Å². The van der Waals surface area contributed by atoms with Crippen LogP contribution >= 0.6 is 11.8 Å². The predicted molar refractivity (Wildman–Crippen MR) is 68.4 cm³/mol. The number of aliphatic carboxylic acids is 1. The molecule has 0 aliphatic rings. The normalized spacial score (nSPS) is 12.5. The van der Waals surface area contributed by atoms with Gasteiger partial charge < -0.3 is 5.11 Å². The zero-order valence-corrected chi connectivity index (χ0v) is 11.5. The van der Waals surface area contributed by atoms with Gasteiger partial charge in [-0.05, 0) is 32.8 Å². The summed E-state index contributed by atoms with van der Waals surface area (Å²) in [6, 6.07) is 0. The van der Waals surface area contributed by atoms with Gasteiger partial charge >= 0.3 is 5.97 Å². The monoisotopic (exact) mass is 254 g/mol. The molecule has 0 aliphatic carbocycles. The van der Waals surface area contributed by atoms with Crippen LogP contribution in [0.1, 0.15) is 36.7 Å². The molecule has 1 rings (SSSR count). The maximum absolute atomic E-state index is 10.5. The van der Waals surface area contributed by atoms with Crippen molar-refractivity contribution in [1.29, 1.82) is 0 Å². The topological polar surface area (TPSA) is 63.1 Å². The molecule has 0 aromatic carbocycles. The number of aryl methyl sites for hydroxylation is 2. The Hall–Kier alpha value is -1.10. The van der Waals surface area contributed by atoms with Crippen LogP contribution in [0.4, 0.5) is 0 Å². The Morgan fingerprint density at radius 1 is 1.29 bits per heavy atom. The van der Waals surface area contributed by atoms with Gasteiger partial charge in [0, 0.05) is 23.1 Å². The van der Waals surface area contributed by atoms with Crippen molar-refractivity contribution in [2.45, 2.75) is 50.9 Å². The number of carbonyl (C=O) groups is 1. The number of carboxylic acids is 1. The van der Waals surface area contributed by atoms with Gasteiger partial charge in [0.15, 0.2) is 5.16 Å². The van der Waals surface area contributed by atoms with Crippen LogP contribution in [0.25, 0.3) is 0 Å². The summed E-state index contributed by atoms with van der Waals surface area (Å²) in [5.41, 5.74) is 3.10. The van der Waals surface area contributed by atoms with Gasteiger partial charge in [-0.25, -0.2) is 9.97 Å². The van der Waals surface area contributed by atoms with Gasteiger partial charge in [-0.1, -0.05) is 18.7 Å². The highest BCUT2D eigenvalue weighted by Gasteiger charge is 2.11. The second-order valence-electron chi connectivity index (χ2n) is 4.16. The van der Waals surface area contributed by atoms with E-state index in [4.69, 9.17) is 5.11 Å². The summed E-state index contributed by atoms with van der Waals surface area (Å²) in [7, 11) is 0. The second kappa shape index (κ2) is 6.00. The summed E-state index contributed by atoms with van der Waals surface area (Å²) in [6.07, 6.45) is 0.827. The van der Waals surface area contributed by atoms with Gasteiger partial charge in [0.05, 0.1) is 0 Å². The number of hydrogen-bond donors (Lipinski definition) is 1. The van der Waals surface area contributed by atoms with Gasteiger partial charge in [0.2, 0.25) is 0 Å². The Labute approximate surface area is 106 Å². The smallest absolute Gasteiger partial charge is 0.303 e. The SMILES string of the molecule is Cc1nc(SC(C)CCC(=O)O)nc(C)c1C. The van der Waals surface area contributed by atoms with Crippen molar-refractivity contribution in [2.24, 2.45) is 0 Å². The molecule has 5 heteroatoms. The molecule has 0 bridgehead atoms. The summed E-state index contributed by atoms with van der Waals surface area (Å²) in [5.74, 6) is -0.755. The maximum Gasteiger partial charge on any atom is 0.303 e. The molecule has 4 nitrogen and oxygen atoms in total. The number of carboxylic acid groups (broad SMARTS) is 1. The van der Waals surface area contributed by atoms with E-state index < -0.39 is 5.97 Å². The first kappa shape index (κ1) is 14.0. The highest BCUT2D eigenvalue weighted by atomic mass is 32.2. The summed E-state index contributed by atoms with van der Waals surface area (Å²) in [6.45, 7) is 7.94. The lowest BCUT2D eigenvalue weighted by Gasteiger charge is -2.10. The summed E-state index contributed by atoms with van der Waals surface area (Å²) in [4.78, 5) is 19.3. The predicted octanol–water partition coefficient (Wildman–Crippen LogP) is 2.75. The largest absolute Gasteiger partial charge is 0.481 e. The van der Waals surface area contributed by atoms with E-state index in [-0.39, 0.29) is 11.7 Å². The standard InChI is InChI=1S/C12H18N2O2S/c1-7(5-6-11(15)16)17-12-13-9(3)8(2)10(4)14-12/h7H,5-6H2,1-4H3,(H,15,16). The molecule has 1 heterocycles. The molecule has 0 radical (unpaired) electrons. The third kappa shape index (κ3) is 4.34. The highest BCUT2D eigenvalue weighted by molar-refractivity contribution is 7.99. The molecule has 1 aromatic rings. The first-order valence-corrected chi connectivity index (χ1v) is 6.48. The van der Waals surface area contributed by atoms with E-state index >= 15 is 0 Å². The van der Waals surface area contributed by atoms with Gasteiger partial charge in [-0.3, -0.25) is 4.79 Å². The Balaban J connectivity index is 2.65. The third-order valence-corrected chi connectivity index (χ3v) is 3.71. The van der Waals surface area contributed by atoms with Crippen molar-refractivity contribution in [1.82, 2.24) is 9.97 Å². The molecule has 94 valence electrons. The highest BCUT2D eigenvalue weighted by Crippen LogP contribution is 2.24. The second-order valence-corrected chi connectivity index (χ2v) is 5.57. The number of nitrogens with zero attached hydrogens (tertiary/aromatic N) is 2. The molecule has 17 heavy (non-hydrogen) atoms. The molecular weight excluding hydrogens is 236 g/mol. The molecule has 1 atom stereocenters. The van der Waals surface area contributed by atoms with E-state index in [1.54, 1.807) is 0 Å². The van der Waals surface area contributed by atoms with E-state index in [0.717, 1.165) is 22.1 Å². The van der Waals surface area contributed by atoms with E-state index in [0.29, 0.717) is 6.42 Å². The maximum atomic E-state index is 10.5. The fourth-order valence-corrected chi connectivity index (χ4v) is 2.33. The Kier molecular flexibility index (Phi) is 4.93. The van der Waals surface area contributed by atoms with E-state index in [1.807, 2.05) is 27.7 Å². The first-order valence-electron chi connectivity index (χ1n) is 5.60. The summed E-state index contributed by atoms with van der Waals surface area (Å²) in [5, 5.41) is 9.57. The lowest BCUT2D eigenvalue weighted by molar-refractivity contribution is -0.137. The molecule has 1 N–H and O–H groups in total. The molecule has 0 spiro atoms. The fraction of sp³-hybridized carbons (Fsp3) is 0.583. The molecule has 0 saturated heterocycles. The minimum Gasteiger partial charge on any atom is -0.481 e. The number of rotatable bonds is 5. The molecule has 0 saturated carbocycles. The summed E-state index contributed by atoms with van der Waals surface area (Å²) < 4.78 is 0. The quantitative estimate of drug-likeness (QED) is 0.646. The van der Waals surface area contributed by atoms with Gasteiger partial charge in [0.25, 0.3) is 0 Å². The molecule has 1 aromatic heterocycles. The zero-order valence-electron chi connectivity index (χ0n) is 10.6. The Bertz CT molecular complexity index is 398. The van der Waals surface area contributed by atoms with Gasteiger partial charge in [-0.2, -0.15) is 0 Å². The van der Waals surface area contributed by atoms with Crippen LogP contribution in [-0.4, -0.2) is 26.3 Å². The van der Waals surface area contributed by atoms with Gasteiger partial charge in [-0.15, -0.1) is 0 Å². The molecular formula is C12H18N2O2S. The van der Waals surface area contributed by atoms with Crippen molar-refractivity contribution in [2.75, 3.05) is 0 Å². The fourth-order valence-electron chi connectivity index (χ4n) is 1.36. The average Bonchev–Trinajstić information content (AvgIpc) is 2.23. The zero-order chi connectivity index (χ0) is 13.0. The number of aromatic nitrogens is 2. The number of hydrogen-bond acceptors (Lipinski definition) is 4. The third-order valence-electron chi connectivity index (χ3n) is 2.68. The van der Waals surface area contributed by atoms with Crippen LogP contribution in [0.3, 0.4) is 0 Å². The van der Waals surface area contributed by atoms with Crippen LogP contribution < -0.4 is 0 Å². The van der Waals surface area contributed by atoms with Crippen molar-refractivity contribution in [3.05, 3.63) is 17.0 Å². The van der Waals surface area contributed by atoms with E-state index in [2.05, 4.69) is 9.97 Å². The van der Waals surface area contributed by atoms with Crippen LogP contribution in [0.2, 0.25) is 0 Å². The van der Waals surface area contributed by atoms with Crippen molar-refractivity contribution < 1.29 is 9.90 Å². The number of thioether (sulfide) groups is 1. The van der Waals surface area contributed by atoms with E-state index in [9.17, 15) is 4.79 Å². The Morgan fingerprint density at radius 2 is 1.82 bits per heavy atom. The Morgan fingerprint density at radius 3 is 2.29 bits per heavy atom. The average molecular weight is 254 g/mol. The van der Waals surface area contributed by atoms with Crippen LogP contribution in [-0.2, 0) is 4.79 Å². The van der Waals surface area contributed by atoms with E-state index in [1.165, 1.54) is 11.8 Å². The van der Waals surface area contributed by atoms with Crippen LogP contribution in [0, 0.1) is 20.8 Å². The van der Waals surface area contributed by atoms with Gasteiger partial charge in [0.1, 0.15) is 0 Å². The van der Waals surface area contributed by atoms with Crippen molar-refractivity contribution >= 4 is 17.7 Å². The van der Waals surface area contributed by atoms with Crippen LogP contribution in [0.15, 0.2) is 5.16 Å². The molecule has 1 unspecified atom stereocenters.